The minimum absolute atomic E-state index is 0.130. The highest BCUT2D eigenvalue weighted by Gasteiger charge is 2.22. The van der Waals surface area contributed by atoms with Crippen LogP contribution in [0.15, 0.2) is 23.8 Å². The lowest BCUT2D eigenvalue weighted by molar-refractivity contribution is 0.0505. The standard InChI is InChI=1S/C14H24O2/c1-11-8-9-16-12(10-11)6-7-13(15-5)14(2,3)4/h6-8,12-13H,9-10H2,1-5H3/b7-6+/t12-,13+/m1/s1. The third kappa shape index (κ3) is 4.11. The van der Waals surface area contributed by atoms with Crippen LogP contribution in [0, 0.1) is 5.41 Å². The highest BCUT2D eigenvalue weighted by Crippen LogP contribution is 2.24. The van der Waals surface area contributed by atoms with Gasteiger partial charge in [-0.1, -0.05) is 44.6 Å². The highest BCUT2D eigenvalue weighted by atomic mass is 16.5. The summed E-state index contributed by atoms with van der Waals surface area (Å²) in [5.74, 6) is 0. The van der Waals surface area contributed by atoms with Gasteiger partial charge in [-0.2, -0.15) is 0 Å². The van der Waals surface area contributed by atoms with Gasteiger partial charge >= 0.3 is 0 Å². The van der Waals surface area contributed by atoms with Crippen LogP contribution in [-0.2, 0) is 9.47 Å². The minimum atomic E-state index is 0.130. The van der Waals surface area contributed by atoms with E-state index in [-0.39, 0.29) is 17.6 Å². The van der Waals surface area contributed by atoms with Gasteiger partial charge in [0.05, 0.1) is 18.8 Å². The van der Waals surface area contributed by atoms with E-state index >= 15 is 0 Å². The van der Waals surface area contributed by atoms with E-state index in [0.29, 0.717) is 0 Å². The van der Waals surface area contributed by atoms with Crippen LogP contribution in [0.4, 0.5) is 0 Å². The molecule has 0 radical (unpaired) electrons. The molecular formula is C14H24O2. The van der Waals surface area contributed by atoms with Gasteiger partial charge < -0.3 is 9.47 Å². The summed E-state index contributed by atoms with van der Waals surface area (Å²) in [5, 5.41) is 0. The number of hydrogen-bond acceptors (Lipinski definition) is 2. The van der Waals surface area contributed by atoms with Crippen LogP contribution in [-0.4, -0.2) is 25.9 Å². The minimum Gasteiger partial charge on any atom is -0.377 e. The zero-order valence-electron chi connectivity index (χ0n) is 11.1. The number of rotatable bonds is 3. The topological polar surface area (TPSA) is 18.5 Å². The maximum Gasteiger partial charge on any atom is 0.0801 e. The van der Waals surface area contributed by atoms with E-state index in [4.69, 9.17) is 9.47 Å². The molecule has 0 amide bonds. The summed E-state index contributed by atoms with van der Waals surface area (Å²) in [6.07, 6.45) is 7.75. The Morgan fingerprint density at radius 3 is 2.69 bits per heavy atom. The van der Waals surface area contributed by atoms with Crippen molar-refractivity contribution < 1.29 is 9.47 Å². The van der Waals surface area contributed by atoms with Gasteiger partial charge in [0.15, 0.2) is 0 Å². The van der Waals surface area contributed by atoms with Gasteiger partial charge in [-0.15, -0.1) is 0 Å². The first kappa shape index (κ1) is 13.5. The smallest absolute Gasteiger partial charge is 0.0801 e. The summed E-state index contributed by atoms with van der Waals surface area (Å²) < 4.78 is 11.1. The van der Waals surface area contributed by atoms with Crippen molar-refractivity contribution >= 4 is 0 Å². The van der Waals surface area contributed by atoms with Crippen LogP contribution in [0.25, 0.3) is 0 Å². The summed E-state index contributed by atoms with van der Waals surface area (Å²) in [6.45, 7) is 9.42. The van der Waals surface area contributed by atoms with Crippen LogP contribution in [0.3, 0.4) is 0 Å². The van der Waals surface area contributed by atoms with Crippen molar-refractivity contribution in [2.24, 2.45) is 5.41 Å². The summed E-state index contributed by atoms with van der Waals surface area (Å²) >= 11 is 0. The molecule has 0 fully saturated rings. The Hall–Kier alpha value is -0.600. The largest absolute Gasteiger partial charge is 0.377 e. The van der Waals surface area contributed by atoms with Crippen molar-refractivity contribution in [1.29, 1.82) is 0 Å². The molecule has 1 rings (SSSR count). The molecule has 92 valence electrons. The normalized spacial score (nSPS) is 24.6. The zero-order valence-corrected chi connectivity index (χ0v) is 11.1. The molecule has 2 heteroatoms. The van der Waals surface area contributed by atoms with E-state index in [2.05, 4.69) is 45.9 Å². The molecular weight excluding hydrogens is 200 g/mol. The first-order chi connectivity index (χ1) is 7.43. The van der Waals surface area contributed by atoms with E-state index in [1.165, 1.54) is 5.57 Å². The van der Waals surface area contributed by atoms with E-state index in [0.717, 1.165) is 13.0 Å². The summed E-state index contributed by atoms with van der Waals surface area (Å²) in [6, 6.07) is 0. The Morgan fingerprint density at radius 2 is 2.19 bits per heavy atom. The lowest BCUT2D eigenvalue weighted by Gasteiger charge is -2.27. The molecule has 0 N–H and O–H groups in total. The molecule has 0 aromatic carbocycles. The average Bonchev–Trinajstić information content (AvgIpc) is 2.16. The molecule has 1 aliphatic heterocycles. The molecule has 0 aromatic heterocycles. The van der Waals surface area contributed by atoms with Crippen LogP contribution in [0.1, 0.15) is 34.1 Å². The van der Waals surface area contributed by atoms with Crippen molar-refractivity contribution in [3.63, 3.8) is 0 Å². The summed E-state index contributed by atoms with van der Waals surface area (Å²) in [4.78, 5) is 0. The van der Waals surface area contributed by atoms with Crippen molar-refractivity contribution in [3.05, 3.63) is 23.8 Å². The van der Waals surface area contributed by atoms with Gasteiger partial charge in [-0.3, -0.25) is 0 Å². The predicted molar refractivity (Wildman–Crippen MR) is 67.5 cm³/mol. The Bertz CT molecular complexity index is 271. The molecule has 0 aromatic rings. The third-order valence-electron chi connectivity index (χ3n) is 2.87. The van der Waals surface area contributed by atoms with Crippen LogP contribution < -0.4 is 0 Å². The van der Waals surface area contributed by atoms with E-state index in [1.807, 2.05) is 0 Å². The SMILES string of the molecule is CO[C@@H](/C=C/[C@@H]1CC(C)=CCO1)C(C)(C)C. The van der Waals surface area contributed by atoms with Crippen molar-refractivity contribution in [2.75, 3.05) is 13.7 Å². The number of methoxy groups -OCH3 is 1. The second-order valence-electron chi connectivity index (χ2n) is 5.53. The first-order valence-electron chi connectivity index (χ1n) is 5.92. The molecule has 16 heavy (non-hydrogen) atoms. The van der Waals surface area contributed by atoms with E-state index in [9.17, 15) is 0 Å². The number of hydrogen-bond donors (Lipinski definition) is 0. The maximum atomic E-state index is 5.64. The Balaban J connectivity index is 2.55. The lowest BCUT2D eigenvalue weighted by Crippen LogP contribution is -2.27. The van der Waals surface area contributed by atoms with Crippen LogP contribution >= 0.6 is 0 Å². The molecule has 2 nitrogen and oxygen atoms in total. The second kappa shape index (κ2) is 5.65. The fourth-order valence-electron chi connectivity index (χ4n) is 1.84. The van der Waals surface area contributed by atoms with Crippen molar-refractivity contribution in [2.45, 2.75) is 46.3 Å². The van der Waals surface area contributed by atoms with Crippen molar-refractivity contribution in [1.82, 2.24) is 0 Å². The number of ether oxygens (including phenoxy) is 2. The van der Waals surface area contributed by atoms with Crippen molar-refractivity contribution in [3.8, 4) is 0 Å². The Kier molecular flexibility index (Phi) is 4.75. The van der Waals surface area contributed by atoms with Crippen LogP contribution in [0.2, 0.25) is 0 Å². The van der Waals surface area contributed by atoms with Gasteiger partial charge in [0.25, 0.3) is 0 Å². The molecule has 2 atom stereocenters. The van der Waals surface area contributed by atoms with Gasteiger partial charge in [0.1, 0.15) is 0 Å². The maximum absolute atomic E-state index is 5.64. The molecule has 0 aliphatic carbocycles. The predicted octanol–water partition coefficient (Wildman–Crippen LogP) is 3.34. The Labute approximate surface area is 99.3 Å². The summed E-state index contributed by atoms with van der Waals surface area (Å²) in [7, 11) is 1.76. The zero-order chi connectivity index (χ0) is 12.2. The van der Waals surface area contributed by atoms with Gasteiger partial charge in [0, 0.05) is 7.11 Å². The monoisotopic (exact) mass is 224 g/mol. The van der Waals surface area contributed by atoms with Gasteiger partial charge in [0.2, 0.25) is 0 Å². The van der Waals surface area contributed by atoms with Gasteiger partial charge in [-0.05, 0) is 18.8 Å². The molecule has 1 heterocycles. The third-order valence-corrected chi connectivity index (χ3v) is 2.87. The first-order valence-corrected chi connectivity index (χ1v) is 5.92. The second-order valence-corrected chi connectivity index (χ2v) is 5.53. The van der Waals surface area contributed by atoms with E-state index < -0.39 is 0 Å². The fourth-order valence-corrected chi connectivity index (χ4v) is 1.84. The fraction of sp³-hybridized carbons (Fsp3) is 0.714. The summed E-state index contributed by atoms with van der Waals surface area (Å²) in [5.41, 5.74) is 1.54. The highest BCUT2D eigenvalue weighted by molar-refractivity contribution is 5.09. The average molecular weight is 224 g/mol. The molecule has 0 unspecified atom stereocenters. The molecule has 0 spiro atoms. The van der Waals surface area contributed by atoms with Gasteiger partial charge in [-0.25, -0.2) is 0 Å². The molecule has 0 saturated heterocycles. The molecule has 1 aliphatic rings. The van der Waals surface area contributed by atoms with E-state index in [1.54, 1.807) is 7.11 Å². The Morgan fingerprint density at radius 1 is 1.50 bits per heavy atom. The lowest BCUT2D eigenvalue weighted by atomic mass is 9.88. The quantitative estimate of drug-likeness (QED) is 0.684. The van der Waals surface area contributed by atoms with Crippen LogP contribution in [0.5, 0.6) is 0 Å². The molecule has 0 bridgehead atoms. The molecule has 0 saturated carbocycles.